The number of hydrogen-bond donors (Lipinski definition) is 0. The molecule has 0 saturated heterocycles. The van der Waals surface area contributed by atoms with E-state index in [2.05, 4.69) is 0 Å². The Labute approximate surface area is 165 Å². The second-order valence-corrected chi connectivity index (χ2v) is 8.22. The van der Waals surface area contributed by atoms with Gasteiger partial charge in [0, 0.05) is 24.4 Å². The molecule has 0 saturated carbocycles. The van der Waals surface area contributed by atoms with Gasteiger partial charge in [0.2, 0.25) is 12.7 Å². The topological polar surface area (TPSA) is 82.1 Å². The average molecular weight is 391 g/mol. The number of Topliss-reactive ketones (excluding diaryl/α,β-unsaturated/α-hetero) is 1. The minimum absolute atomic E-state index is 0.136. The maximum atomic E-state index is 12.8. The van der Waals surface area contributed by atoms with Gasteiger partial charge in [0.25, 0.3) is 0 Å². The lowest BCUT2D eigenvalue weighted by molar-refractivity contribution is -0.152. The van der Waals surface area contributed by atoms with Crippen LogP contribution in [0.2, 0.25) is 0 Å². The summed E-state index contributed by atoms with van der Waals surface area (Å²) < 4.78 is 15.8. The average Bonchev–Trinajstić information content (AvgIpc) is 3.11. The number of carbonyl (C=O) groups is 3. The fraction of sp³-hybridized carbons (Fsp3) is 0.571. The molecule has 0 aliphatic carbocycles. The van der Waals surface area contributed by atoms with Crippen molar-refractivity contribution >= 4 is 17.7 Å². The van der Waals surface area contributed by atoms with Crippen molar-refractivity contribution in [2.75, 3.05) is 20.4 Å². The lowest BCUT2D eigenvalue weighted by Gasteiger charge is -2.29. The highest BCUT2D eigenvalue weighted by atomic mass is 16.7. The van der Waals surface area contributed by atoms with Crippen molar-refractivity contribution in [3.8, 4) is 11.5 Å². The van der Waals surface area contributed by atoms with Crippen LogP contribution in [0.5, 0.6) is 11.5 Å². The molecule has 2 rings (SSSR count). The van der Waals surface area contributed by atoms with Gasteiger partial charge in [-0.25, -0.2) is 0 Å². The summed E-state index contributed by atoms with van der Waals surface area (Å²) in [5.74, 6) is 0.255. The largest absolute Gasteiger partial charge is 0.465 e. The highest BCUT2D eigenvalue weighted by Crippen LogP contribution is 2.33. The van der Waals surface area contributed by atoms with Gasteiger partial charge in [0.05, 0.1) is 18.6 Å². The molecule has 1 aromatic rings. The van der Waals surface area contributed by atoms with E-state index >= 15 is 0 Å². The Morgan fingerprint density at radius 3 is 2.43 bits per heavy atom. The first-order valence-electron chi connectivity index (χ1n) is 9.38. The Balaban J connectivity index is 1.97. The van der Waals surface area contributed by atoms with E-state index in [1.807, 2.05) is 13.8 Å². The quantitative estimate of drug-likeness (QED) is 0.500. The Hall–Kier alpha value is -2.57. The van der Waals surface area contributed by atoms with Gasteiger partial charge in [0.15, 0.2) is 17.3 Å². The van der Waals surface area contributed by atoms with E-state index in [0.717, 1.165) is 0 Å². The van der Waals surface area contributed by atoms with E-state index in [9.17, 15) is 14.4 Å². The van der Waals surface area contributed by atoms with Crippen molar-refractivity contribution in [1.82, 2.24) is 4.90 Å². The molecule has 1 unspecified atom stereocenters. The van der Waals surface area contributed by atoms with Crippen molar-refractivity contribution < 1.29 is 28.6 Å². The minimum atomic E-state index is -0.637. The van der Waals surface area contributed by atoms with Gasteiger partial charge in [-0.3, -0.25) is 14.4 Å². The van der Waals surface area contributed by atoms with Crippen LogP contribution in [-0.2, 0) is 14.3 Å². The number of esters is 1. The van der Waals surface area contributed by atoms with E-state index in [1.54, 1.807) is 46.0 Å². The molecule has 0 bridgehead atoms. The second kappa shape index (κ2) is 8.63. The summed E-state index contributed by atoms with van der Waals surface area (Å²) in [5, 5.41) is 0. The molecule has 1 aliphatic rings. The van der Waals surface area contributed by atoms with Gasteiger partial charge >= 0.3 is 5.97 Å². The number of nitrogens with zero attached hydrogens (tertiary/aromatic N) is 1. The van der Waals surface area contributed by atoms with E-state index in [4.69, 9.17) is 14.2 Å². The van der Waals surface area contributed by atoms with E-state index < -0.39 is 11.5 Å². The van der Waals surface area contributed by atoms with Gasteiger partial charge in [-0.05, 0) is 25.1 Å². The van der Waals surface area contributed by atoms with Crippen molar-refractivity contribution in [3.05, 3.63) is 23.8 Å². The predicted octanol–water partition coefficient (Wildman–Crippen LogP) is 3.06. The minimum Gasteiger partial charge on any atom is -0.465 e. The first kappa shape index (κ1) is 21.7. The van der Waals surface area contributed by atoms with Crippen molar-refractivity contribution in [1.29, 1.82) is 0 Å². The molecule has 0 radical (unpaired) electrons. The highest BCUT2D eigenvalue weighted by molar-refractivity contribution is 6.02. The lowest BCUT2D eigenvalue weighted by Crippen LogP contribution is -2.42. The smallest absolute Gasteiger partial charge is 0.308 e. The summed E-state index contributed by atoms with van der Waals surface area (Å²) in [6.07, 6.45) is 0.160. The molecule has 154 valence electrons. The van der Waals surface area contributed by atoms with Crippen LogP contribution in [0.1, 0.15) is 51.4 Å². The Morgan fingerprint density at radius 2 is 1.79 bits per heavy atom. The van der Waals surface area contributed by atoms with Gasteiger partial charge in [-0.1, -0.05) is 27.7 Å². The van der Waals surface area contributed by atoms with Crippen molar-refractivity contribution in [3.63, 3.8) is 0 Å². The number of benzene rings is 1. The molecule has 7 heteroatoms. The number of fused-ring (bicyclic) bond motifs is 1. The molecule has 1 aromatic carbocycles. The Kier molecular flexibility index (Phi) is 6.69. The third-order valence-corrected chi connectivity index (χ3v) is 4.72. The maximum Gasteiger partial charge on any atom is 0.308 e. The Bertz CT molecular complexity index is 755. The van der Waals surface area contributed by atoms with E-state index in [-0.39, 0.29) is 43.4 Å². The van der Waals surface area contributed by atoms with Crippen molar-refractivity contribution in [2.24, 2.45) is 11.3 Å². The summed E-state index contributed by atoms with van der Waals surface area (Å²) in [7, 11) is 1.61. The van der Waals surface area contributed by atoms with Crippen LogP contribution in [0.3, 0.4) is 0 Å². The van der Waals surface area contributed by atoms with Crippen LogP contribution in [0.25, 0.3) is 0 Å². The molecule has 0 aromatic heterocycles. The van der Waals surface area contributed by atoms with Gasteiger partial charge < -0.3 is 19.1 Å². The Morgan fingerprint density at radius 1 is 1.14 bits per heavy atom. The van der Waals surface area contributed by atoms with E-state index in [1.165, 1.54) is 4.90 Å². The zero-order valence-electron chi connectivity index (χ0n) is 17.4. The maximum absolute atomic E-state index is 12.8. The fourth-order valence-electron chi connectivity index (χ4n) is 2.70. The number of amides is 1. The number of ketones is 1. The van der Waals surface area contributed by atoms with Crippen LogP contribution < -0.4 is 9.47 Å². The molecule has 28 heavy (non-hydrogen) atoms. The fourth-order valence-corrected chi connectivity index (χ4v) is 2.70. The number of carbonyl (C=O) groups excluding carboxylic acids is 3. The molecular formula is C21H29NO6. The molecule has 1 heterocycles. The first-order valence-corrected chi connectivity index (χ1v) is 9.38. The number of hydrogen-bond acceptors (Lipinski definition) is 6. The molecule has 0 fully saturated rings. The normalized spacial score (nSPS) is 14.0. The molecular weight excluding hydrogens is 362 g/mol. The van der Waals surface area contributed by atoms with Crippen LogP contribution in [0.4, 0.5) is 0 Å². The summed E-state index contributed by atoms with van der Waals surface area (Å²) in [5.41, 5.74) is -0.0706. The number of rotatable bonds is 8. The molecule has 1 atom stereocenters. The SMILES string of the molecule is CC(C)C(=O)OCC(C)(C)CC(=O)N(C)C(C)C(=O)c1ccc2c(c1)OCO2. The highest BCUT2D eigenvalue weighted by Gasteiger charge is 2.30. The molecule has 1 amide bonds. The molecule has 7 nitrogen and oxygen atoms in total. The molecule has 0 spiro atoms. The third kappa shape index (κ3) is 5.24. The van der Waals surface area contributed by atoms with Crippen LogP contribution in [0.15, 0.2) is 18.2 Å². The molecule has 1 aliphatic heterocycles. The van der Waals surface area contributed by atoms with Gasteiger partial charge in [0.1, 0.15) is 0 Å². The first-order chi connectivity index (χ1) is 13.0. The summed E-state index contributed by atoms with van der Waals surface area (Å²) in [6, 6.07) is 4.35. The zero-order chi connectivity index (χ0) is 21.1. The number of ether oxygens (including phenoxy) is 3. The van der Waals surface area contributed by atoms with Crippen LogP contribution in [-0.4, -0.2) is 49.0 Å². The van der Waals surface area contributed by atoms with E-state index in [0.29, 0.717) is 17.1 Å². The predicted molar refractivity (Wildman–Crippen MR) is 103 cm³/mol. The standard InChI is InChI=1S/C21H29NO6/c1-13(2)20(25)26-11-21(4,5)10-18(23)22(6)14(3)19(24)15-7-8-16-17(9-15)28-12-27-16/h7-9,13-14H,10-12H2,1-6H3. The van der Waals surface area contributed by atoms with Crippen LogP contribution in [0, 0.1) is 11.3 Å². The monoisotopic (exact) mass is 391 g/mol. The summed E-state index contributed by atoms with van der Waals surface area (Å²) >= 11 is 0. The second-order valence-electron chi connectivity index (χ2n) is 8.22. The van der Waals surface area contributed by atoms with Gasteiger partial charge in [-0.15, -0.1) is 0 Å². The van der Waals surface area contributed by atoms with Gasteiger partial charge in [-0.2, -0.15) is 0 Å². The lowest BCUT2D eigenvalue weighted by atomic mass is 9.89. The van der Waals surface area contributed by atoms with Crippen molar-refractivity contribution in [2.45, 2.75) is 47.1 Å². The van der Waals surface area contributed by atoms with Crippen LogP contribution >= 0.6 is 0 Å². The summed E-state index contributed by atoms with van der Waals surface area (Å²) in [4.78, 5) is 38.6. The zero-order valence-corrected chi connectivity index (χ0v) is 17.4. The number of likely N-dealkylation sites (N-methyl/N-ethyl adjacent to an activating group) is 1. The molecule has 0 N–H and O–H groups in total. The summed E-state index contributed by atoms with van der Waals surface area (Å²) in [6.45, 7) is 9.21. The third-order valence-electron chi connectivity index (χ3n) is 4.72.